The molecule has 2 aromatic carbocycles. The molecular formula is C37H49ClN4O7S. The molecule has 2 N–H and O–H groups in total. The summed E-state index contributed by atoms with van der Waals surface area (Å²) in [4.78, 5) is 31.8. The molecular weight excluding hydrogens is 680 g/mol. The van der Waals surface area contributed by atoms with Gasteiger partial charge in [-0.05, 0) is 97.7 Å². The standard InChI is InChI=1S/C37H49ClN4O7S/c1-40(2)50(46,47)39-35(45)37(48-4)21-34(44)41(3)18-7-5-6-10-32(43)29-14-11-26(29)22-42-23-36(24-49-33-16-12-27(37)20-31(33)42)17-8-9-25-19-28(38)13-15-30(25)36/h6,10,12-13,15-16,19-20,26,29,32,43H,5,7-9,11,14,17-18,21-24H2,1-4H3,(H,39,45)/b10-6+/t26-,29+,32-,36-,37-/m0/s1. The summed E-state index contributed by atoms with van der Waals surface area (Å²) in [5.74, 6) is -0.422. The molecule has 1 saturated carbocycles. The van der Waals surface area contributed by atoms with Gasteiger partial charge >= 0.3 is 10.2 Å². The van der Waals surface area contributed by atoms with Gasteiger partial charge in [-0.1, -0.05) is 35.9 Å². The molecule has 2 bridgehead atoms. The largest absolute Gasteiger partial charge is 0.490 e. The van der Waals surface area contributed by atoms with E-state index in [0.717, 1.165) is 42.1 Å². The number of carbonyl (C=O) groups excluding carboxylic acids is 2. The summed E-state index contributed by atoms with van der Waals surface area (Å²) in [6, 6.07) is 11.4. The van der Waals surface area contributed by atoms with Gasteiger partial charge in [0.05, 0.1) is 24.8 Å². The molecule has 0 radical (unpaired) electrons. The number of benzene rings is 2. The van der Waals surface area contributed by atoms with Crippen molar-refractivity contribution in [2.75, 3.05) is 59.4 Å². The van der Waals surface area contributed by atoms with Crippen molar-refractivity contribution < 1.29 is 32.6 Å². The lowest BCUT2D eigenvalue weighted by Gasteiger charge is -2.45. The second-order valence-electron chi connectivity index (χ2n) is 14.6. The Hall–Kier alpha value is -3.16. The van der Waals surface area contributed by atoms with Crippen molar-refractivity contribution in [2.45, 2.75) is 68.5 Å². The maximum absolute atomic E-state index is 14.2. The van der Waals surface area contributed by atoms with Crippen molar-refractivity contribution in [3.8, 4) is 5.75 Å². The van der Waals surface area contributed by atoms with Gasteiger partial charge in [0.1, 0.15) is 5.75 Å². The van der Waals surface area contributed by atoms with E-state index >= 15 is 0 Å². The summed E-state index contributed by atoms with van der Waals surface area (Å²) < 4.78 is 41.6. The van der Waals surface area contributed by atoms with Gasteiger partial charge in [0.25, 0.3) is 5.91 Å². The second kappa shape index (κ2) is 14.5. The fourth-order valence-corrected chi connectivity index (χ4v) is 8.88. The van der Waals surface area contributed by atoms with Gasteiger partial charge < -0.3 is 24.4 Å². The number of methoxy groups -OCH3 is 1. The fourth-order valence-electron chi connectivity index (χ4n) is 8.10. The summed E-state index contributed by atoms with van der Waals surface area (Å²) in [7, 11) is 1.40. The number of nitrogens with one attached hydrogen (secondary N) is 1. The maximum Gasteiger partial charge on any atom is 0.303 e. The Labute approximate surface area is 300 Å². The highest BCUT2D eigenvalue weighted by Gasteiger charge is 2.48. The molecule has 2 heterocycles. The van der Waals surface area contributed by atoms with Crippen LogP contribution in [0, 0.1) is 11.8 Å². The summed E-state index contributed by atoms with van der Waals surface area (Å²) in [5, 5.41) is 11.9. The molecule has 0 unspecified atom stereocenters. The van der Waals surface area contributed by atoms with Gasteiger partial charge in [0.15, 0.2) is 5.60 Å². The van der Waals surface area contributed by atoms with Gasteiger partial charge in [-0.25, -0.2) is 4.72 Å². The van der Waals surface area contributed by atoms with E-state index in [1.165, 1.54) is 37.2 Å². The minimum atomic E-state index is -4.22. The number of hydrogen-bond acceptors (Lipinski definition) is 8. The van der Waals surface area contributed by atoms with E-state index in [4.69, 9.17) is 21.1 Å². The Kier molecular flexibility index (Phi) is 10.6. The Morgan fingerprint density at radius 1 is 1.16 bits per heavy atom. The summed E-state index contributed by atoms with van der Waals surface area (Å²) in [6.07, 6.45) is 8.90. The van der Waals surface area contributed by atoms with E-state index in [1.807, 2.05) is 24.3 Å². The third kappa shape index (κ3) is 7.01. The smallest absolute Gasteiger partial charge is 0.303 e. The van der Waals surface area contributed by atoms with Crippen LogP contribution in [0.15, 0.2) is 48.6 Å². The number of carbonyl (C=O) groups is 2. The van der Waals surface area contributed by atoms with Gasteiger partial charge in [0, 0.05) is 58.3 Å². The fraction of sp³-hybridized carbons (Fsp3) is 0.568. The summed E-state index contributed by atoms with van der Waals surface area (Å²) in [5.41, 5.74) is 1.17. The molecule has 2 aliphatic carbocycles. The van der Waals surface area contributed by atoms with Crippen molar-refractivity contribution in [3.05, 3.63) is 70.3 Å². The first-order chi connectivity index (χ1) is 23.8. The molecule has 272 valence electrons. The number of rotatable bonds is 4. The molecule has 2 amide bonds. The zero-order valence-electron chi connectivity index (χ0n) is 29.4. The van der Waals surface area contributed by atoms with Gasteiger partial charge in [-0.15, -0.1) is 0 Å². The first kappa shape index (κ1) is 36.6. The lowest BCUT2D eigenvalue weighted by Crippen LogP contribution is -2.52. The van der Waals surface area contributed by atoms with E-state index in [-0.39, 0.29) is 23.2 Å². The number of aliphatic hydroxyl groups is 1. The maximum atomic E-state index is 14.2. The van der Waals surface area contributed by atoms with Crippen LogP contribution < -0.4 is 14.4 Å². The molecule has 1 spiro atoms. The number of fused-ring (bicyclic) bond motifs is 4. The number of aryl methyl sites for hydroxylation is 1. The molecule has 50 heavy (non-hydrogen) atoms. The molecule has 5 atom stereocenters. The van der Waals surface area contributed by atoms with E-state index < -0.39 is 34.2 Å². The van der Waals surface area contributed by atoms with Crippen LogP contribution in [0.1, 0.15) is 61.6 Å². The highest BCUT2D eigenvalue weighted by molar-refractivity contribution is 7.87. The van der Waals surface area contributed by atoms with Crippen LogP contribution in [-0.2, 0) is 42.0 Å². The Bertz CT molecular complexity index is 1750. The Balaban J connectivity index is 1.49. The lowest BCUT2D eigenvalue weighted by molar-refractivity contribution is -0.152. The van der Waals surface area contributed by atoms with Gasteiger partial charge in [0.2, 0.25) is 5.91 Å². The van der Waals surface area contributed by atoms with E-state index in [0.29, 0.717) is 55.4 Å². The van der Waals surface area contributed by atoms with Crippen LogP contribution in [-0.4, -0.2) is 95.1 Å². The number of amides is 2. The third-order valence-corrected chi connectivity index (χ3v) is 13.0. The Morgan fingerprint density at radius 3 is 2.68 bits per heavy atom. The molecule has 2 aromatic rings. The van der Waals surface area contributed by atoms with Gasteiger partial charge in [-0.3, -0.25) is 9.59 Å². The number of allylic oxidation sites excluding steroid dienone is 1. The van der Waals surface area contributed by atoms with Crippen LogP contribution >= 0.6 is 11.6 Å². The Morgan fingerprint density at radius 2 is 1.96 bits per heavy atom. The van der Waals surface area contributed by atoms with Crippen molar-refractivity contribution in [3.63, 3.8) is 0 Å². The zero-order chi connectivity index (χ0) is 35.8. The van der Waals surface area contributed by atoms with Gasteiger partial charge in [-0.2, -0.15) is 12.7 Å². The predicted octanol–water partition coefficient (Wildman–Crippen LogP) is 4.16. The molecule has 11 nitrogen and oxygen atoms in total. The number of hydrogen-bond donors (Lipinski definition) is 2. The molecule has 4 aliphatic rings. The van der Waals surface area contributed by atoms with Crippen LogP contribution in [0.25, 0.3) is 0 Å². The van der Waals surface area contributed by atoms with Crippen LogP contribution in [0.5, 0.6) is 5.75 Å². The van der Waals surface area contributed by atoms with Crippen molar-refractivity contribution in [2.24, 2.45) is 11.8 Å². The average Bonchev–Trinajstić information content (AvgIpc) is 3.21. The molecule has 0 saturated heterocycles. The molecule has 13 heteroatoms. The quantitative estimate of drug-likeness (QED) is 0.450. The number of anilines is 1. The minimum absolute atomic E-state index is 0.0930. The predicted molar refractivity (Wildman–Crippen MR) is 193 cm³/mol. The number of halogens is 1. The minimum Gasteiger partial charge on any atom is -0.490 e. The number of aliphatic hydroxyl groups excluding tert-OH is 1. The first-order valence-corrected chi connectivity index (χ1v) is 19.3. The molecule has 0 aromatic heterocycles. The first-order valence-electron chi connectivity index (χ1n) is 17.5. The van der Waals surface area contributed by atoms with Crippen LogP contribution in [0.3, 0.4) is 0 Å². The summed E-state index contributed by atoms with van der Waals surface area (Å²) in [6.45, 7) is 2.10. The monoisotopic (exact) mass is 728 g/mol. The molecule has 2 aliphatic heterocycles. The van der Waals surface area contributed by atoms with Crippen molar-refractivity contribution >= 4 is 39.3 Å². The second-order valence-corrected chi connectivity index (χ2v) is 16.9. The van der Waals surface area contributed by atoms with Crippen LogP contribution in [0.2, 0.25) is 5.02 Å². The van der Waals surface area contributed by atoms with Crippen molar-refractivity contribution in [1.82, 2.24) is 13.9 Å². The topological polar surface area (TPSA) is 129 Å². The van der Waals surface area contributed by atoms with E-state index in [1.54, 1.807) is 19.2 Å². The lowest BCUT2D eigenvalue weighted by atomic mass is 9.68. The number of nitrogens with zero attached hydrogens (tertiary/aromatic N) is 3. The van der Waals surface area contributed by atoms with Crippen molar-refractivity contribution in [1.29, 1.82) is 0 Å². The average molecular weight is 729 g/mol. The molecule has 6 rings (SSSR count). The third-order valence-electron chi connectivity index (χ3n) is 11.3. The normalized spacial score (nSPS) is 29.6. The zero-order valence-corrected chi connectivity index (χ0v) is 30.9. The van der Waals surface area contributed by atoms with E-state index in [9.17, 15) is 23.1 Å². The highest BCUT2D eigenvalue weighted by atomic mass is 35.5. The number of ether oxygens (including phenoxy) is 2. The van der Waals surface area contributed by atoms with Crippen LogP contribution in [0.4, 0.5) is 5.69 Å². The molecule has 1 fully saturated rings. The summed E-state index contributed by atoms with van der Waals surface area (Å²) >= 11 is 6.45. The SMILES string of the molecule is CO[C@@]1(C(=O)NS(=O)(=O)N(C)C)CC(=O)N(C)CCC/C=C/[C@H](O)[C@@H]2CC[C@H]2CN2C[C@@]3(CCCc4cc(Cl)ccc43)COc3ccc1cc32. The highest BCUT2D eigenvalue weighted by Crippen LogP contribution is 2.48. The van der Waals surface area contributed by atoms with E-state index in [2.05, 4.69) is 21.8 Å².